The normalized spacial score (nSPS) is 10.8. The first-order valence-corrected chi connectivity index (χ1v) is 8.99. The number of oxazole rings is 1. The van der Waals surface area contributed by atoms with Crippen LogP contribution in [-0.4, -0.2) is 10.9 Å². The van der Waals surface area contributed by atoms with Crippen LogP contribution >= 0.6 is 27.5 Å². The minimum Gasteiger partial charge on any atom is -0.436 e. The number of amides is 1. The van der Waals surface area contributed by atoms with Gasteiger partial charge in [0, 0.05) is 32.4 Å². The van der Waals surface area contributed by atoms with Crippen LogP contribution < -0.4 is 5.32 Å². The zero-order valence-electron chi connectivity index (χ0n) is 13.4. The third-order valence-corrected chi connectivity index (χ3v) is 4.59. The maximum absolute atomic E-state index is 12.3. The Morgan fingerprint density at radius 1 is 1.04 bits per heavy atom. The topological polar surface area (TPSA) is 55.1 Å². The van der Waals surface area contributed by atoms with Gasteiger partial charge < -0.3 is 9.73 Å². The Bertz CT molecular complexity index is 1110. The van der Waals surface area contributed by atoms with Crippen LogP contribution in [0.15, 0.2) is 75.6 Å². The number of halogens is 2. The summed E-state index contributed by atoms with van der Waals surface area (Å²) in [7, 11) is 0. The molecule has 6 heteroatoms. The van der Waals surface area contributed by atoms with Gasteiger partial charge in [0.2, 0.25) is 5.89 Å². The van der Waals surface area contributed by atoms with Crippen LogP contribution in [0.25, 0.3) is 22.6 Å². The Kier molecular flexibility index (Phi) is 4.49. The fourth-order valence-electron chi connectivity index (χ4n) is 2.55. The Balaban J connectivity index is 1.61. The second-order valence-electron chi connectivity index (χ2n) is 5.67. The minimum atomic E-state index is -0.188. The second kappa shape index (κ2) is 6.94. The summed E-state index contributed by atoms with van der Waals surface area (Å²) >= 11 is 9.38. The van der Waals surface area contributed by atoms with Gasteiger partial charge >= 0.3 is 0 Å². The largest absolute Gasteiger partial charge is 0.436 e. The number of aromatic nitrogens is 1. The molecule has 1 aromatic heterocycles. The SMILES string of the molecule is O=C(Nc1ccc2nc(-c3cccc(Cl)c3)oc2c1)c1ccc(Br)cc1. The molecule has 0 spiro atoms. The van der Waals surface area contributed by atoms with Gasteiger partial charge in [-0.05, 0) is 54.6 Å². The van der Waals surface area contributed by atoms with Crippen molar-refractivity contribution in [3.05, 3.63) is 81.8 Å². The Hall–Kier alpha value is -2.63. The van der Waals surface area contributed by atoms with Gasteiger partial charge in [0.05, 0.1) is 0 Å². The van der Waals surface area contributed by atoms with Crippen molar-refractivity contribution >= 4 is 50.2 Å². The molecule has 4 rings (SSSR count). The van der Waals surface area contributed by atoms with Crippen molar-refractivity contribution < 1.29 is 9.21 Å². The molecule has 0 saturated carbocycles. The second-order valence-corrected chi connectivity index (χ2v) is 7.02. The molecule has 1 heterocycles. The lowest BCUT2D eigenvalue weighted by atomic mass is 10.2. The lowest BCUT2D eigenvalue weighted by Crippen LogP contribution is -2.11. The summed E-state index contributed by atoms with van der Waals surface area (Å²) in [4.78, 5) is 16.8. The van der Waals surface area contributed by atoms with E-state index in [1.165, 1.54) is 0 Å². The molecule has 4 nitrogen and oxygen atoms in total. The smallest absolute Gasteiger partial charge is 0.255 e. The molecule has 0 radical (unpaired) electrons. The first-order chi connectivity index (χ1) is 12.6. The molecule has 4 aromatic rings. The molecule has 0 fully saturated rings. The lowest BCUT2D eigenvalue weighted by Gasteiger charge is -2.05. The minimum absolute atomic E-state index is 0.188. The standard InChI is InChI=1S/C20H12BrClN2O2/c21-14-6-4-12(5-7-14)19(25)23-16-8-9-17-18(11-16)26-20(24-17)13-2-1-3-15(22)10-13/h1-11H,(H,23,25). The summed E-state index contributed by atoms with van der Waals surface area (Å²) < 4.78 is 6.75. The molecule has 0 atom stereocenters. The number of fused-ring (bicyclic) bond motifs is 1. The number of hydrogen-bond donors (Lipinski definition) is 1. The lowest BCUT2D eigenvalue weighted by molar-refractivity contribution is 0.102. The molecule has 0 saturated heterocycles. The summed E-state index contributed by atoms with van der Waals surface area (Å²) in [6, 6.07) is 19.8. The van der Waals surface area contributed by atoms with Gasteiger partial charge in [-0.25, -0.2) is 4.98 Å². The number of rotatable bonds is 3. The highest BCUT2D eigenvalue weighted by molar-refractivity contribution is 9.10. The Labute approximate surface area is 162 Å². The summed E-state index contributed by atoms with van der Waals surface area (Å²) in [5.41, 5.74) is 3.31. The zero-order valence-corrected chi connectivity index (χ0v) is 15.7. The molecule has 0 aliphatic carbocycles. The average molecular weight is 428 g/mol. The molecule has 1 amide bonds. The third-order valence-electron chi connectivity index (χ3n) is 3.82. The molecule has 128 valence electrons. The number of benzene rings is 3. The molecule has 0 aliphatic rings. The van der Waals surface area contributed by atoms with Crippen molar-refractivity contribution in [3.8, 4) is 11.5 Å². The molecule has 26 heavy (non-hydrogen) atoms. The van der Waals surface area contributed by atoms with Crippen LogP contribution in [0.5, 0.6) is 0 Å². The van der Waals surface area contributed by atoms with Crippen molar-refractivity contribution in [1.29, 1.82) is 0 Å². The van der Waals surface area contributed by atoms with Crippen LogP contribution in [0.4, 0.5) is 5.69 Å². The maximum atomic E-state index is 12.3. The predicted molar refractivity (Wildman–Crippen MR) is 107 cm³/mol. The monoisotopic (exact) mass is 426 g/mol. The number of nitrogens with zero attached hydrogens (tertiary/aromatic N) is 1. The van der Waals surface area contributed by atoms with Gasteiger partial charge in [-0.2, -0.15) is 0 Å². The van der Waals surface area contributed by atoms with E-state index < -0.39 is 0 Å². The van der Waals surface area contributed by atoms with Gasteiger partial charge in [0.1, 0.15) is 5.52 Å². The third kappa shape index (κ3) is 3.49. The number of nitrogens with one attached hydrogen (secondary N) is 1. The van der Waals surface area contributed by atoms with E-state index in [0.717, 1.165) is 10.0 Å². The highest BCUT2D eigenvalue weighted by Gasteiger charge is 2.11. The number of carbonyl (C=O) groups excluding carboxylic acids is 1. The van der Waals surface area contributed by atoms with Gasteiger partial charge in [-0.1, -0.05) is 33.6 Å². The quantitative estimate of drug-likeness (QED) is 0.426. The summed E-state index contributed by atoms with van der Waals surface area (Å²) in [6.45, 7) is 0. The number of hydrogen-bond acceptors (Lipinski definition) is 3. The van der Waals surface area contributed by atoms with E-state index in [0.29, 0.717) is 33.3 Å². The van der Waals surface area contributed by atoms with Gasteiger partial charge in [0.15, 0.2) is 5.58 Å². The average Bonchev–Trinajstić information content (AvgIpc) is 3.05. The summed E-state index contributed by atoms with van der Waals surface area (Å²) in [5.74, 6) is 0.297. The summed E-state index contributed by atoms with van der Waals surface area (Å²) in [5, 5.41) is 3.48. The van der Waals surface area contributed by atoms with Crippen LogP contribution in [0.2, 0.25) is 5.02 Å². The molecule has 0 aliphatic heterocycles. The van der Waals surface area contributed by atoms with Crippen molar-refractivity contribution in [2.24, 2.45) is 0 Å². The molecular weight excluding hydrogens is 416 g/mol. The highest BCUT2D eigenvalue weighted by atomic mass is 79.9. The van der Waals surface area contributed by atoms with E-state index in [1.54, 1.807) is 36.4 Å². The van der Waals surface area contributed by atoms with Crippen molar-refractivity contribution in [2.75, 3.05) is 5.32 Å². The van der Waals surface area contributed by atoms with Crippen molar-refractivity contribution in [1.82, 2.24) is 4.98 Å². The van der Waals surface area contributed by atoms with E-state index >= 15 is 0 Å². The molecule has 3 aromatic carbocycles. The Morgan fingerprint density at radius 3 is 2.62 bits per heavy atom. The summed E-state index contributed by atoms with van der Waals surface area (Å²) in [6.07, 6.45) is 0. The maximum Gasteiger partial charge on any atom is 0.255 e. The first-order valence-electron chi connectivity index (χ1n) is 7.82. The fraction of sp³-hybridized carbons (Fsp3) is 0. The number of carbonyl (C=O) groups is 1. The van der Waals surface area contributed by atoms with E-state index in [2.05, 4.69) is 26.2 Å². The van der Waals surface area contributed by atoms with Crippen LogP contribution in [0, 0.1) is 0 Å². The van der Waals surface area contributed by atoms with E-state index in [4.69, 9.17) is 16.0 Å². The van der Waals surface area contributed by atoms with Crippen molar-refractivity contribution in [2.45, 2.75) is 0 Å². The van der Waals surface area contributed by atoms with E-state index in [9.17, 15) is 4.79 Å². The van der Waals surface area contributed by atoms with Gasteiger partial charge in [-0.3, -0.25) is 4.79 Å². The zero-order chi connectivity index (χ0) is 18.1. The molecule has 0 bridgehead atoms. The molecule has 0 unspecified atom stereocenters. The van der Waals surface area contributed by atoms with E-state index in [-0.39, 0.29) is 5.91 Å². The molecular formula is C20H12BrClN2O2. The van der Waals surface area contributed by atoms with Crippen molar-refractivity contribution in [3.63, 3.8) is 0 Å². The Morgan fingerprint density at radius 2 is 1.85 bits per heavy atom. The molecule has 1 N–H and O–H groups in total. The number of anilines is 1. The van der Waals surface area contributed by atoms with Crippen LogP contribution in [0.3, 0.4) is 0 Å². The van der Waals surface area contributed by atoms with Crippen LogP contribution in [-0.2, 0) is 0 Å². The van der Waals surface area contributed by atoms with E-state index in [1.807, 2.05) is 30.3 Å². The fourth-order valence-corrected chi connectivity index (χ4v) is 3.01. The highest BCUT2D eigenvalue weighted by Crippen LogP contribution is 2.28. The van der Waals surface area contributed by atoms with Gasteiger partial charge in [0.25, 0.3) is 5.91 Å². The van der Waals surface area contributed by atoms with Gasteiger partial charge in [-0.15, -0.1) is 0 Å². The van der Waals surface area contributed by atoms with Crippen LogP contribution in [0.1, 0.15) is 10.4 Å². The predicted octanol–water partition coefficient (Wildman–Crippen LogP) is 6.16. The first kappa shape index (κ1) is 16.8.